The van der Waals surface area contributed by atoms with Gasteiger partial charge in [-0.25, -0.2) is 4.98 Å². The predicted molar refractivity (Wildman–Crippen MR) is 94.0 cm³/mol. The number of rotatable bonds is 4. The van der Waals surface area contributed by atoms with Gasteiger partial charge in [-0.15, -0.1) is 0 Å². The number of benzene rings is 1. The summed E-state index contributed by atoms with van der Waals surface area (Å²) in [5.74, 6) is 0.0977. The molecule has 6 heteroatoms. The average Bonchev–Trinajstić information content (AvgIpc) is 3.36. The van der Waals surface area contributed by atoms with Gasteiger partial charge in [0.2, 0.25) is 0 Å². The van der Waals surface area contributed by atoms with E-state index in [2.05, 4.69) is 10.1 Å². The first-order chi connectivity index (χ1) is 12.2. The van der Waals surface area contributed by atoms with Crippen molar-refractivity contribution in [1.82, 2.24) is 24.2 Å². The quantitative estimate of drug-likeness (QED) is 0.736. The van der Waals surface area contributed by atoms with Crippen LogP contribution in [-0.4, -0.2) is 36.7 Å². The molecule has 3 aromatic rings. The van der Waals surface area contributed by atoms with Gasteiger partial charge in [0.25, 0.3) is 5.91 Å². The molecule has 1 atom stereocenters. The van der Waals surface area contributed by atoms with Crippen LogP contribution >= 0.6 is 0 Å². The van der Waals surface area contributed by atoms with Crippen molar-refractivity contribution in [2.45, 2.75) is 25.4 Å². The van der Waals surface area contributed by atoms with Crippen molar-refractivity contribution < 1.29 is 4.79 Å². The number of carbonyl (C=O) groups is 1. The Kier molecular flexibility index (Phi) is 4.09. The van der Waals surface area contributed by atoms with Crippen LogP contribution in [0.15, 0.2) is 55.4 Å². The first-order valence-corrected chi connectivity index (χ1v) is 8.55. The van der Waals surface area contributed by atoms with Gasteiger partial charge in [-0.05, 0) is 30.5 Å². The van der Waals surface area contributed by atoms with E-state index in [1.54, 1.807) is 17.2 Å². The lowest BCUT2D eigenvalue weighted by atomic mass is 10.1. The van der Waals surface area contributed by atoms with Crippen LogP contribution in [0.3, 0.4) is 0 Å². The summed E-state index contributed by atoms with van der Waals surface area (Å²) in [6, 6.07) is 8.01. The summed E-state index contributed by atoms with van der Waals surface area (Å²) in [6.45, 7) is 1.56. The van der Waals surface area contributed by atoms with Gasteiger partial charge in [0.05, 0.1) is 18.6 Å². The monoisotopic (exact) mass is 335 g/mol. The molecule has 2 aromatic heterocycles. The fourth-order valence-corrected chi connectivity index (χ4v) is 3.48. The van der Waals surface area contributed by atoms with Gasteiger partial charge < -0.3 is 9.47 Å². The maximum Gasteiger partial charge on any atom is 0.254 e. The molecule has 6 nitrogen and oxygen atoms in total. The van der Waals surface area contributed by atoms with Crippen LogP contribution in [0.25, 0.3) is 0 Å². The fourth-order valence-electron chi connectivity index (χ4n) is 3.48. The van der Waals surface area contributed by atoms with Crippen LogP contribution in [-0.2, 0) is 13.6 Å². The molecule has 4 rings (SSSR count). The summed E-state index contributed by atoms with van der Waals surface area (Å²) in [6.07, 6.45) is 11.4. The summed E-state index contributed by atoms with van der Waals surface area (Å²) in [4.78, 5) is 19.0. The minimum atomic E-state index is 0.0977. The maximum absolute atomic E-state index is 12.9. The molecular weight excluding hydrogens is 314 g/mol. The van der Waals surface area contributed by atoms with Crippen molar-refractivity contribution in [3.05, 3.63) is 72.1 Å². The topological polar surface area (TPSA) is 56.0 Å². The van der Waals surface area contributed by atoms with Crippen LogP contribution in [0.5, 0.6) is 0 Å². The molecular formula is C19H21N5O. The minimum Gasteiger partial charge on any atom is -0.333 e. The van der Waals surface area contributed by atoms with Crippen LogP contribution in [0.4, 0.5) is 0 Å². The molecule has 0 radical (unpaired) electrons. The number of nitrogens with zero attached hydrogens (tertiary/aromatic N) is 5. The minimum absolute atomic E-state index is 0.0977. The van der Waals surface area contributed by atoms with Crippen molar-refractivity contribution in [1.29, 1.82) is 0 Å². The summed E-state index contributed by atoms with van der Waals surface area (Å²) < 4.78 is 3.80. The Bertz CT molecular complexity index is 850. The smallest absolute Gasteiger partial charge is 0.254 e. The molecule has 0 spiro atoms. The van der Waals surface area contributed by atoms with E-state index in [0.29, 0.717) is 0 Å². The zero-order valence-electron chi connectivity index (χ0n) is 14.2. The van der Waals surface area contributed by atoms with Crippen LogP contribution < -0.4 is 0 Å². The second-order valence-electron chi connectivity index (χ2n) is 6.54. The molecule has 0 N–H and O–H groups in total. The Hall–Kier alpha value is -2.89. The van der Waals surface area contributed by atoms with Crippen LogP contribution in [0.1, 0.15) is 40.4 Å². The van der Waals surface area contributed by atoms with Gasteiger partial charge in [0.15, 0.2) is 0 Å². The van der Waals surface area contributed by atoms with E-state index in [4.69, 9.17) is 0 Å². The number of imidazole rings is 1. The summed E-state index contributed by atoms with van der Waals surface area (Å²) >= 11 is 0. The second kappa shape index (κ2) is 6.55. The lowest BCUT2D eigenvalue weighted by Gasteiger charge is -2.24. The van der Waals surface area contributed by atoms with E-state index in [0.717, 1.165) is 42.6 Å². The highest BCUT2D eigenvalue weighted by Crippen LogP contribution is 2.32. The molecule has 0 saturated carbocycles. The SMILES string of the molecule is Cn1cc([C@@H]2CCCN2C(=O)c2ccc(Cn3ccnc3)cc2)cn1. The zero-order valence-corrected chi connectivity index (χ0v) is 14.2. The van der Waals surface area contributed by atoms with Crippen molar-refractivity contribution in [3.8, 4) is 0 Å². The van der Waals surface area contributed by atoms with Gasteiger partial charge in [-0.3, -0.25) is 9.48 Å². The molecule has 0 bridgehead atoms. The number of carbonyl (C=O) groups excluding carboxylic acids is 1. The molecule has 1 aliphatic rings. The first kappa shape index (κ1) is 15.6. The highest BCUT2D eigenvalue weighted by atomic mass is 16.2. The molecule has 1 aliphatic heterocycles. The Balaban J connectivity index is 1.50. The summed E-state index contributed by atoms with van der Waals surface area (Å²) in [5, 5.41) is 4.25. The molecule has 25 heavy (non-hydrogen) atoms. The lowest BCUT2D eigenvalue weighted by Crippen LogP contribution is -2.30. The standard InChI is InChI=1S/C19H21N5O/c1-22-13-17(11-21-22)18-3-2-9-24(18)19(25)16-6-4-15(5-7-16)12-23-10-8-20-14-23/h4-8,10-11,13-14,18H,2-3,9,12H2,1H3/t18-/m0/s1. The van der Waals surface area contributed by atoms with Crippen molar-refractivity contribution >= 4 is 5.91 Å². The largest absolute Gasteiger partial charge is 0.333 e. The number of aryl methyl sites for hydroxylation is 1. The zero-order chi connectivity index (χ0) is 17.2. The van der Waals surface area contributed by atoms with Crippen LogP contribution in [0, 0.1) is 0 Å². The molecule has 1 aromatic carbocycles. The van der Waals surface area contributed by atoms with E-state index >= 15 is 0 Å². The molecule has 128 valence electrons. The van der Waals surface area contributed by atoms with E-state index in [9.17, 15) is 4.79 Å². The van der Waals surface area contributed by atoms with Gasteiger partial charge >= 0.3 is 0 Å². The van der Waals surface area contributed by atoms with E-state index in [1.807, 2.05) is 59.4 Å². The highest BCUT2D eigenvalue weighted by Gasteiger charge is 2.31. The van der Waals surface area contributed by atoms with E-state index in [-0.39, 0.29) is 11.9 Å². The Morgan fingerprint density at radius 2 is 2.12 bits per heavy atom. The maximum atomic E-state index is 12.9. The molecule has 0 aliphatic carbocycles. The number of amides is 1. The molecule has 0 unspecified atom stereocenters. The van der Waals surface area contributed by atoms with Crippen LogP contribution in [0.2, 0.25) is 0 Å². The first-order valence-electron chi connectivity index (χ1n) is 8.55. The molecule has 3 heterocycles. The van der Waals surface area contributed by atoms with Crippen molar-refractivity contribution in [2.75, 3.05) is 6.54 Å². The Morgan fingerprint density at radius 1 is 1.28 bits per heavy atom. The second-order valence-corrected chi connectivity index (χ2v) is 6.54. The predicted octanol–water partition coefficient (Wildman–Crippen LogP) is 2.64. The van der Waals surface area contributed by atoms with Gasteiger partial charge in [0.1, 0.15) is 0 Å². The third-order valence-corrected chi connectivity index (χ3v) is 4.75. The highest BCUT2D eigenvalue weighted by molar-refractivity contribution is 5.94. The summed E-state index contributed by atoms with van der Waals surface area (Å²) in [7, 11) is 1.91. The number of hydrogen-bond acceptors (Lipinski definition) is 3. The Labute approximate surface area is 146 Å². The molecule has 1 saturated heterocycles. The third kappa shape index (κ3) is 3.20. The van der Waals surface area contributed by atoms with Gasteiger partial charge in [-0.2, -0.15) is 5.10 Å². The van der Waals surface area contributed by atoms with E-state index in [1.165, 1.54) is 0 Å². The van der Waals surface area contributed by atoms with Crippen molar-refractivity contribution in [2.24, 2.45) is 7.05 Å². The van der Waals surface area contributed by atoms with E-state index < -0.39 is 0 Å². The number of aromatic nitrogens is 4. The number of likely N-dealkylation sites (tertiary alicyclic amines) is 1. The normalized spacial score (nSPS) is 17.2. The summed E-state index contributed by atoms with van der Waals surface area (Å²) in [5.41, 5.74) is 3.01. The average molecular weight is 335 g/mol. The van der Waals surface area contributed by atoms with Crippen molar-refractivity contribution in [3.63, 3.8) is 0 Å². The number of hydrogen-bond donors (Lipinski definition) is 0. The van der Waals surface area contributed by atoms with Gasteiger partial charge in [-0.1, -0.05) is 12.1 Å². The fraction of sp³-hybridized carbons (Fsp3) is 0.316. The lowest BCUT2D eigenvalue weighted by molar-refractivity contribution is 0.0735. The third-order valence-electron chi connectivity index (χ3n) is 4.75. The molecule has 1 fully saturated rings. The molecule has 1 amide bonds. The van der Waals surface area contributed by atoms with Gasteiger partial charge in [0, 0.05) is 49.9 Å². The Morgan fingerprint density at radius 3 is 2.80 bits per heavy atom.